The second-order valence-electron chi connectivity index (χ2n) is 8.14. The molecule has 2 aromatic heterocycles. The minimum atomic E-state index is -0.394. The predicted molar refractivity (Wildman–Crippen MR) is 108 cm³/mol. The van der Waals surface area contributed by atoms with Crippen molar-refractivity contribution < 1.29 is 9.18 Å². The maximum Gasteiger partial charge on any atom is 0.293 e. The molecule has 5 rings (SSSR count). The van der Waals surface area contributed by atoms with Crippen molar-refractivity contribution in [2.45, 2.75) is 33.0 Å². The first kappa shape index (κ1) is 18.9. The summed E-state index contributed by atoms with van der Waals surface area (Å²) in [5.74, 6) is 1.35. The third-order valence-corrected chi connectivity index (χ3v) is 6.04. The first-order valence-electron chi connectivity index (χ1n) is 10.3. The number of rotatable bonds is 5. The number of amides is 1. The lowest BCUT2D eigenvalue weighted by atomic mass is 9.89. The lowest BCUT2D eigenvalue weighted by molar-refractivity contribution is 0.100. The van der Waals surface area contributed by atoms with E-state index >= 15 is 0 Å². The normalized spacial score (nSPS) is 20.7. The molecular weight excluding hydrogens is 385 g/mol. The van der Waals surface area contributed by atoms with Crippen LogP contribution in [0.25, 0.3) is 0 Å². The number of nitrogens with zero attached hydrogens (tertiary/aromatic N) is 6. The van der Waals surface area contributed by atoms with E-state index in [1.165, 1.54) is 17.7 Å². The molecule has 0 saturated carbocycles. The maximum atomic E-state index is 13.4. The second-order valence-corrected chi connectivity index (χ2v) is 8.14. The Morgan fingerprint density at radius 3 is 2.90 bits per heavy atom. The zero-order valence-electron chi connectivity index (χ0n) is 16.8. The van der Waals surface area contributed by atoms with Crippen LogP contribution in [-0.2, 0) is 26.1 Å². The van der Waals surface area contributed by atoms with Crippen LogP contribution in [0.4, 0.5) is 10.1 Å². The zero-order valence-corrected chi connectivity index (χ0v) is 16.8. The molecule has 2 aliphatic heterocycles. The number of fused-ring (bicyclic) bond motifs is 2. The van der Waals surface area contributed by atoms with E-state index in [1.807, 2.05) is 15.4 Å². The molecule has 0 aliphatic carbocycles. The van der Waals surface area contributed by atoms with Crippen LogP contribution in [0.15, 0.2) is 36.7 Å². The van der Waals surface area contributed by atoms with E-state index in [0.717, 1.165) is 45.0 Å². The van der Waals surface area contributed by atoms with E-state index in [-0.39, 0.29) is 11.7 Å². The Morgan fingerprint density at radius 1 is 1.23 bits per heavy atom. The molecule has 4 heterocycles. The molecular formula is C21H24FN7O. The van der Waals surface area contributed by atoms with Gasteiger partial charge in [-0.1, -0.05) is 6.07 Å². The van der Waals surface area contributed by atoms with Crippen LogP contribution >= 0.6 is 0 Å². The predicted octanol–water partition coefficient (Wildman–Crippen LogP) is 2.19. The molecule has 0 unspecified atom stereocenters. The van der Waals surface area contributed by atoms with Gasteiger partial charge in [0.1, 0.15) is 11.6 Å². The van der Waals surface area contributed by atoms with Crippen molar-refractivity contribution >= 4 is 11.6 Å². The van der Waals surface area contributed by atoms with E-state index < -0.39 is 5.82 Å². The van der Waals surface area contributed by atoms with Gasteiger partial charge in [-0.15, -0.1) is 10.2 Å². The van der Waals surface area contributed by atoms with Crippen LogP contribution in [0.5, 0.6) is 0 Å². The van der Waals surface area contributed by atoms with Crippen LogP contribution in [0.1, 0.15) is 28.9 Å². The third kappa shape index (κ3) is 3.60. The highest BCUT2D eigenvalue weighted by Gasteiger charge is 2.39. The summed E-state index contributed by atoms with van der Waals surface area (Å²) in [6.07, 6.45) is 4.86. The van der Waals surface area contributed by atoms with Crippen LogP contribution in [0.2, 0.25) is 0 Å². The summed E-state index contributed by atoms with van der Waals surface area (Å²) in [4.78, 5) is 15.2. The summed E-state index contributed by atoms with van der Waals surface area (Å²) >= 11 is 0. The minimum absolute atomic E-state index is 0.287. The maximum absolute atomic E-state index is 13.4. The fourth-order valence-electron chi connectivity index (χ4n) is 4.59. The molecule has 9 heteroatoms. The van der Waals surface area contributed by atoms with Crippen molar-refractivity contribution in [3.63, 3.8) is 0 Å². The Balaban J connectivity index is 1.27. The first-order chi connectivity index (χ1) is 14.6. The van der Waals surface area contributed by atoms with Crippen LogP contribution < -0.4 is 5.32 Å². The molecule has 8 nitrogen and oxygen atoms in total. The number of benzene rings is 1. The number of likely N-dealkylation sites (tertiary alicyclic amines) is 1. The lowest BCUT2D eigenvalue weighted by Gasteiger charge is -2.25. The van der Waals surface area contributed by atoms with Gasteiger partial charge in [-0.25, -0.2) is 4.39 Å². The fraction of sp³-hybridized carbons (Fsp3) is 0.429. The van der Waals surface area contributed by atoms with Crippen molar-refractivity contribution in [1.82, 2.24) is 29.4 Å². The van der Waals surface area contributed by atoms with Crippen molar-refractivity contribution in [2.75, 3.05) is 18.4 Å². The Bertz CT molecular complexity index is 1080. The zero-order chi connectivity index (χ0) is 20.7. The van der Waals surface area contributed by atoms with Crippen LogP contribution in [0.3, 0.4) is 0 Å². The summed E-state index contributed by atoms with van der Waals surface area (Å²) in [5, 5.41) is 15.5. The number of hydrogen-bond acceptors (Lipinski definition) is 5. The van der Waals surface area contributed by atoms with Crippen LogP contribution in [-0.4, -0.2) is 48.4 Å². The van der Waals surface area contributed by atoms with E-state index in [0.29, 0.717) is 17.5 Å². The van der Waals surface area contributed by atoms with Crippen molar-refractivity contribution in [2.24, 2.45) is 11.8 Å². The van der Waals surface area contributed by atoms with E-state index in [9.17, 15) is 9.18 Å². The van der Waals surface area contributed by atoms with Gasteiger partial charge in [0.2, 0.25) is 5.82 Å². The fourth-order valence-corrected chi connectivity index (χ4v) is 4.59. The van der Waals surface area contributed by atoms with Crippen LogP contribution in [0, 0.1) is 17.7 Å². The van der Waals surface area contributed by atoms with Gasteiger partial charge in [0.05, 0.1) is 6.20 Å². The number of hydrogen-bond donors (Lipinski definition) is 1. The monoisotopic (exact) mass is 409 g/mol. The smallest absolute Gasteiger partial charge is 0.293 e. The standard InChI is InChI=1S/C21H24FN7O/c1-2-28-10-14(8-23-28)9-27-11-15-6-19-25-26-20(29(19)13-16(15)12-27)21(30)24-18-5-3-4-17(22)7-18/h3-5,7-8,10,15-16H,2,6,9,11-13H2,1H3,(H,24,30)/t15-,16+/m0/s1. The topological polar surface area (TPSA) is 80.9 Å². The molecule has 0 spiro atoms. The molecule has 0 bridgehead atoms. The van der Waals surface area contributed by atoms with Gasteiger partial charge in [-0.05, 0) is 37.0 Å². The van der Waals surface area contributed by atoms with Gasteiger partial charge >= 0.3 is 0 Å². The highest BCUT2D eigenvalue weighted by Crippen LogP contribution is 2.33. The molecule has 30 heavy (non-hydrogen) atoms. The third-order valence-electron chi connectivity index (χ3n) is 6.04. The Hall–Kier alpha value is -3.07. The van der Waals surface area contributed by atoms with E-state index in [1.54, 1.807) is 12.1 Å². The van der Waals surface area contributed by atoms with Crippen molar-refractivity contribution in [3.05, 3.63) is 59.7 Å². The second kappa shape index (κ2) is 7.64. The summed E-state index contributed by atoms with van der Waals surface area (Å²) < 4.78 is 17.3. The number of anilines is 1. The molecule has 1 aromatic carbocycles. The Morgan fingerprint density at radius 2 is 2.10 bits per heavy atom. The highest BCUT2D eigenvalue weighted by molar-refractivity contribution is 6.01. The van der Waals surface area contributed by atoms with Gasteiger partial charge < -0.3 is 9.88 Å². The largest absolute Gasteiger partial charge is 0.319 e. The molecule has 3 aromatic rings. The number of carbonyl (C=O) groups is 1. The first-order valence-corrected chi connectivity index (χ1v) is 10.3. The van der Waals surface area contributed by atoms with Gasteiger partial charge in [-0.3, -0.25) is 14.4 Å². The summed E-state index contributed by atoms with van der Waals surface area (Å²) in [5.41, 5.74) is 1.63. The summed E-state index contributed by atoms with van der Waals surface area (Å²) in [7, 11) is 0. The molecule has 1 N–H and O–H groups in total. The van der Waals surface area contributed by atoms with E-state index in [2.05, 4.69) is 38.6 Å². The highest BCUT2D eigenvalue weighted by atomic mass is 19.1. The lowest BCUT2D eigenvalue weighted by Crippen LogP contribution is -2.31. The SMILES string of the molecule is CCn1cc(CN2C[C@@H]3Cn4c(nnc4C(=O)Nc4cccc(F)c4)C[C@H]3C2)cn1. The molecule has 2 aliphatic rings. The molecule has 156 valence electrons. The van der Waals surface area contributed by atoms with E-state index in [4.69, 9.17) is 0 Å². The van der Waals surface area contributed by atoms with Crippen molar-refractivity contribution in [3.8, 4) is 0 Å². The summed E-state index contributed by atoms with van der Waals surface area (Å²) in [6, 6.07) is 5.84. The van der Waals surface area contributed by atoms with Gasteiger partial charge in [0.25, 0.3) is 5.91 Å². The number of carbonyl (C=O) groups excluding carboxylic acids is 1. The number of aryl methyl sites for hydroxylation is 1. The molecule has 0 radical (unpaired) electrons. The van der Waals surface area contributed by atoms with Gasteiger partial charge in [-0.2, -0.15) is 5.10 Å². The minimum Gasteiger partial charge on any atom is -0.319 e. The number of halogens is 1. The molecule has 1 fully saturated rings. The Labute approximate surface area is 173 Å². The number of aromatic nitrogens is 5. The molecule has 2 atom stereocenters. The quantitative estimate of drug-likeness (QED) is 0.699. The number of nitrogens with one attached hydrogen (secondary N) is 1. The van der Waals surface area contributed by atoms with Gasteiger partial charge in [0, 0.05) is 56.6 Å². The van der Waals surface area contributed by atoms with Crippen molar-refractivity contribution in [1.29, 1.82) is 0 Å². The Kier molecular flexibility index (Phi) is 4.82. The summed E-state index contributed by atoms with van der Waals surface area (Å²) in [6.45, 7) is 6.56. The average Bonchev–Trinajstić information content (AvgIpc) is 3.43. The molecule has 1 saturated heterocycles. The molecule has 1 amide bonds. The average molecular weight is 409 g/mol. The van der Waals surface area contributed by atoms with Gasteiger partial charge in [0.15, 0.2) is 0 Å².